The van der Waals surface area contributed by atoms with Gasteiger partial charge < -0.3 is 14.4 Å². The Morgan fingerprint density at radius 2 is 1.58 bits per heavy atom. The molecule has 0 aromatic heterocycles. The lowest BCUT2D eigenvalue weighted by molar-refractivity contribution is 0.402. The Labute approximate surface area is 117 Å². The number of benzene rings is 1. The number of hydrogen-bond acceptors (Lipinski definition) is 3. The first-order valence-electron chi connectivity index (χ1n) is 7.23. The molecule has 0 saturated carbocycles. The first-order valence-corrected chi connectivity index (χ1v) is 7.23. The molecule has 3 nitrogen and oxygen atoms in total. The van der Waals surface area contributed by atoms with E-state index in [0.717, 1.165) is 30.3 Å². The number of unbranched alkanes of at least 4 members (excludes halogenated alkanes) is 2. The van der Waals surface area contributed by atoms with Crippen LogP contribution in [0.2, 0.25) is 0 Å². The van der Waals surface area contributed by atoms with E-state index in [4.69, 9.17) is 9.47 Å². The third-order valence-corrected chi connectivity index (χ3v) is 3.29. The molecule has 0 heterocycles. The van der Waals surface area contributed by atoms with Gasteiger partial charge in [0.15, 0.2) is 0 Å². The maximum absolute atomic E-state index is 5.49. The fourth-order valence-corrected chi connectivity index (χ4v) is 2.09. The summed E-state index contributed by atoms with van der Waals surface area (Å²) < 4.78 is 10.8. The molecular formula is C16H27NO2. The first kappa shape index (κ1) is 15.7. The van der Waals surface area contributed by atoms with Gasteiger partial charge >= 0.3 is 0 Å². The van der Waals surface area contributed by atoms with Gasteiger partial charge in [0, 0.05) is 19.2 Å². The van der Waals surface area contributed by atoms with Gasteiger partial charge in [-0.25, -0.2) is 0 Å². The zero-order valence-corrected chi connectivity index (χ0v) is 12.7. The van der Waals surface area contributed by atoms with Crippen molar-refractivity contribution in [3.05, 3.63) is 18.2 Å². The molecule has 19 heavy (non-hydrogen) atoms. The molecule has 0 atom stereocenters. The molecule has 0 aliphatic heterocycles. The van der Waals surface area contributed by atoms with Crippen LogP contribution in [0, 0.1) is 0 Å². The average molecular weight is 265 g/mol. The van der Waals surface area contributed by atoms with Gasteiger partial charge in [0.1, 0.15) is 11.5 Å². The fraction of sp³-hybridized carbons (Fsp3) is 0.625. The van der Waals surface area contributed by atoms with Crippen LogP contribution in [0.25, 0.3) is 0 Å². The largest absolute Gasteiger partial charge is 0.497 e. The van der Waals surface area contributed by atoms with Gasteiger partial charge in [-0.1, -0.05) is 26.7 Å². The number of hydrogen-bond donors (Lipinski definition) is 0. The molecule has 0 fully saturated rings. The summed E-state index contributed by atoms with van der Waals surface area (Å²) in [6.07, 6.45) is 4.80. The topological polar surface area (TPSA) is 21.7 Å². The highest BCUT2D eigenvalue weighted by Gasteiger charge is 2.12. The molecule has 1 rings (SSSR count). The van der Waals surface area contributed by atoms with E-state index in [1.165, 1.54) is 25.7 Å². The molecule has 0 aliphatic carbocycles. The summed E-state index contributed by atoms with van der Waals surface area (Å²) in [5, 5.41) is 0. The molecule has 108 valence electrons. The van der Waals surface area contributed by atoms with E-state index in [2.05, 4.69) is 24.8 Å². The van der Waals surface area contributed by atoms with Crippen LogP contribution in [-0.2, 0) is 0 Å². The number of ether oxygens (including phenoxy) is 2. The summed E-state index contributed by atoms with van der Waals surface area (Å²) in [6.45, 7) is 6.58. The van der Waals surface area contributed by atoms with E-state index in [1.54, 1.807) is 14.2 Å². The van der Waals surface area contributed by atoms with Crippen molar-refractivity contribution in [2.75, 3.05) is 32.2 Å². The summed E-state index contributed by atoms with van der Waals surface area (Å²) in [7, 11) is 3.43. The van der Waals surface area contributed by atoms with Crippen LogP contribution in [0.15, 0.2) is 18.2 Å². The molecule has 0 spiro atoms. The molecule has 0 unspecified atom stereocenters. The van der Waals surface area contributed by atoms with Gasteiger partial charge in [0.05, 0.1) is 19.9 Å². The highest BCUT2D eigenvalue weighted by Crippen LogP contribution is 2.32. The van der Waals surface area contributed by atoms with Crippen molar-refractivity contribution < 1.29 is 9.47 Å². The van der Waals surface area contributed by atoms with Gasteiger partial charge in [0.2, 0.25) is 0 Å². The van der Waals surface area contributed by atoms with Crippen LogP contribution in [-0.4, -0.2) is 27.3 Å². The Bertz CT molecular complexity index is 358. The number of nitrogens with zero attached hydrogens (tertiary/aromatic N) is 1. The lowest BCUT2D eigenvalue weighted by atomic mass is 10.2. The van der Waals surface area contributed by atoms with Crippen LogP contribution < -0.4 is 14.4 Å². The Kier molecular flexibility index (Phi) is 7.16. The van der Waals surface area contributed by atoms with Crippen LogP contribution in [0.3, 0.4) is 0 Å². The maximum Gasteiger partial charge on any atom is 0.142 e. The van der Waals surface area contributed by atoms with Crippen molar-refractivity contribution in [1.29, 1.82) is 0 Å². The van der Waals surface area contributed by atoms with Gasteiger partial charge in [-0.2, -0.15) is 0 Å². The van der Waals surface area contributed by atoms with Gasteiger partial charge in [-0.15, -0.1) is 0 Å². The quantitative estimate of drug-likeness (QED) is 0.670. The minimum absolute atomic E-state index is 0.883. The highest BCUT2D eigenvalue weighted by molar-refractivity contribution is 5.61. The van der Waals surface area contributed by atoms with Crippen LogP contribution in [0.1, 0.15) is 39.5 Å². The normalized spacial score (nSPS) is 10.3. The minimum atomic E-state index is 0.883. The third kappa shape index (κ3) is 4.66. The van der Waals surface area contributed by atoms with Crippen molar-refractivity contribution >= 4 is 5.69 Å². The predicted molar refractivity (Wildman–Crippen MR) is 81.6 cm³/mol. The molecule has 0 aliphatic rings. The number of methoxy groups -OCH3 is 2. The van der Waals surface area contributed by atoms with Gasteiger partial charge in [-0.05, 0) is 25.0 Å². The van der Waals surface area contributed by atoms with E-state index in [1.807, 2.05) is 12.1 Å². The minimum Gasteiger partial charge on any atom is -0.497 e. The molecule has 0 radical (unpaired) electrons. The SMILES string of the molecule is CCCCN(CCCC)c1cc(OC)ccc1OC. The molecule has 0 N–H and O–H groups in total. The Morgan fingerprint density at radius 3 is 2.05 bits per heavy atom. The van der Waals surface area contributed by atoms with E-state index in [-0.39, 0.29) is 0 Å². The Balaban J connectivity index is 2.96. The number of rotatable bonds is 9. The average Bonchev–Trinajstić information content (AvgIpc) is 2.47. The first-order chi connectivity index (χ1) is 9.26. The second-order valence-corrected chi connectivity index (χ2v) is 4.73. The van der Waals surface area contributed by atoms with Crippen molar-refractivity contribution in [2.24, 2.45) is 0 Å². The van der Waals surface area contributed by atoms with Crippen molar-refractivity contribution in [2.45, 2.75) is 39.5 Å². The maximum atomic E-state index is 5.49. The highest BCUT2D eigenvalue weighted by atomic mass is 16.5. The van der Waals surface area contributed by atoms with Crippen LogP contribution in [0.4, 0.5) is 5.69 Å². The summed E-state index contributed by atoms with van der Waals surface area (Å²) in [5.74, 6) is 1.81. The molecule has 1 aromatic rings. The zero-order valence-electron chi connectivity index (χ0n) is 12.7. The summed E-state index contributed by atoms with van der Waals surface area (Å²) in [4.78, 5) is 2.41. The van der Waals surface area contributed by atoms with Crippen LogP contribution in [0.5, 0.6) is 11.5 Å². The van der Waals surface area contributed by atoms with E-state index < -0.39 is 0 Å². The summed E-state index contributed by atoms with van der Waals surface area (Å²) >= 11 is 0. The second-order valence-electron chi connectivity index (χ2n) is 4.73. The van der Waals surface area contributed by atoms with E-state index >= 15 is 0 Å². The number of anilines is 1. The van der Waals surface area contributed by atoms with Gasteiger partial charge in [-0.3, -0.25) is 0 Å². The molecular weight excluding hydrogens is 238 g/mol. The van der Waals surface area contributed by atoms with E-state index in [9.17, 15) is 0 Å². The van der Waals surface area contributed by atoms with Crippen molar-refractivity contribution in [1.82, 2.24) is 0 Å². The monoisotopic (exact) mass is 265 g/mol. The van der Waals surface area contributed by atoms with Gasteiger partial charge in [0.25, 0.3) is 0 Å². The summed E-state index contributed by atoms with van der Waals surface area (Å²) in [6, 6.07) is 6.00. The molecule has 0 saturated heterocycles. The summed E-state index contributed by atoms with van der Waals surface area (Å²) in [5.41, 5.74) is 1.14. The lowest BCUT2D eigenvalue weighted by Crippen LogP contribution is -2.26. The third-order valence-electron chi connectivity index (χ3n) is 3.29. The van der Waals surface area contributed by atoms with E-state index in [0.29, 0.717) is 0 Å². The standard InChI is InChI=1S/C16H27NO2/c1-5-7-11-17(12-8-6-2)15-13-14(18-3)9-10-16(15)19-4/h9-10,13H,5-8,11-12H2,1-4H3. The second kappa shape index (κ2) is 8.68. The predicted octanol–water partition coefficient (Wildman–Crippen LogP) is 4.11. The van der Waals surface area contributed by atoms with Crippen molar-refractivity contribution in [3.63, 3.8) is 0 Å². The van der Waals surface area contributed by atoms with Crippen molar-refractivity contribution in [3.8, 4) is 11.5 Å². The molecule has 1 aromatic carbocycles. The molecule has 0 bridgehead atoms. The lowest BCUT2D eigenvalue weighted by Gasteiger charge is -2.26. The Hall–Kier alpha value is -1.38. The smallest absolute Gasteiger partial charge is 0.142 e. The zero-order chi connectivity index (χ0) is 14.1. The fourth-order valence-electron chi connectivity index (χ4n) is 2.09. The molecule has 0 amide bonds. The Morgan fingerprint density at radius 1 is 0.947 bits per heavy atom. The van der Waals surface area contributed by atoms with Crippen LogP contribution >= 0.6 is 0 Å². The molecule has 3 heteroatoms.